The number of nitrogens with zero attached hydrogens (tertiary/aromatic N) is 4. The third kappa shape index (κ3) is 4.42. The third-order valence-electron chi connectivity index (χ3n) is 6.20. The fraction of sp³-hybridized carbons (Fsp3) is 0.360. The maximum Gasteiger partial charge on any atom is 0.228 e. The topological polar surface area (TPSA) is 79.5 Å². The van der Waals surface area contributed by atoms with Crippen LogP contribution in [0.25, 0.3) is 0 Å². The van der Waals surface area contributed by atoms with Gasteiger partial charge in [0, 0.05) is 38.5 Å². The minimum atomic E-state index is -0.308. The Morgan fingerprint density at radius 1 is 1.09 bits per heavy atom. The van der Waals surface area contributed by atoms with Crippen molar-refractivity contribution < 1.29 is 14.0 Å². The molecule has 1 fully saturated rings. The zero-order valence-electron chi connectivity index (χ0n) is 17.9. The number of pyridine rings is 1. The molecule has 164 valence electrons. The van der Waals surface area contributed by atoms with Crippen LogP contribution in [0.3, 0.4) is 0 Å². The summed E-state index contributed by atoms with van der Waals surface area (Å²) in [5.41, 5.74) is 2.94. The molecule has 2 aliphatic heterocycles. The molecule has 0 N–H and O–H groups in total. The molecular formula is C25H26N4O3. The van der Waals surface area contributed by atoms with Crippen LogP contribution in [0.4, 0.5) is 0 Å². The largest absolute Gasteiger partial charge is 0.445 e. The predicted octanol–water partition coefficient (Wildman–Crippen LogP) is 2.79. The molecule has 1 unspecified atom stereocenters. The molecule has 1 saturated heterocycles. The highest BCUT2D eigenvalue weighted by atomic mass is 16.4. The first-order valence-electron chi connectivity index (χ1n) is 11.1. The van der Waals surface area contributed by atoms with E-state index in [4.69, 9.17) is 4.42 Å². The number of oxazole rings is 1. The first-order chi connectivity index (χ1) is 15.7. The van der Waals surface area contributed by atoms with Crippen molar-refractivity contribution in [3.63, 3.8) is 0 Å². The van der Waals surface area contributed by atoms with Crippen molar-refractivity contribution in [1.82, 2.24) is 19.8 Å². The fourth-order valence-corrected chi connectivity index (χ4v) is 4.48. The van der Waals surface area contributed by atoms with Gasteiger partial charge in [0.25, 0.3) is 0 Å². The number of hydrogen-bond acceptors (Lipinski definition) is 5. The van der Waals surface area contributed by atoms with Crippen LogP contribution in [0.15, 0.2) is 59.1 Å². The fourth-order valence-electron chi connectivity index (χ4n) is 4.48. The number of rotatable bonds is 6. The molecular weight excluding hydrogens is 404 g/mol. The van der Waals surface area contributed by atoms with Crippen LogP contribution >= 0.6 is 0 Å². The summed E-state index contributed by atoms with van der Waals surface area (Å²) >= 11 is 0. The molecule has 0 bridgehead atoms. The minimum absolute atomic E-state index is 0.0105. The zero-order valence-corrected chi connectivity index (χ0v) is 17.9. The number of carbonyl (C=O) groups excluding carboxylic acids is 2. The van der Waals surface area contributed by atoms with Crippen LogP contribution in [0.5, 0.6) is 0 Å². The standard InChI is InChI=1S/C25H26N4O3/c30-24-14-19(15-29(24)16-20-8-4-5-12-26-20)25(31)28-13-11-22-21(17-28)27-23(32-22)10-9-18-6-2-1-3-7-18/h1-8,12,19H,9-11,13-17H2. The average Bonchev–Trinajstić information content (AvgIpc) is 3.41. The van der Waals surface area contributed by atoms with Gasteiger partial charge in [0.05, 0.1) is 24.7 Å². The van der Waals surface area contributed by atoms with E-state index in [1.54, 1.807) is 11.1 Å². The first-order valence-corrected chi connectivity index (χ1v) is 11.1. The minimum Gasteiger partial charge on any atom is -0.445 e. The monoisotopic (exact) mass is 430 g/mol. The van der Waals surface area contributed by atoms with E-state index < -0.39 is 0 Å². The number of benzene rings is 1. The number of aryl methyl sites for hydroxylation is 2. The molecule has 2 amide bonds. The molecule has 0 spiro atoms. The van der Waals surface area contributed by atoms with Crippen LogP contribution in [-0.2, 0) is 41.9 Å². The van der Waals surface area contributed by atoms with Crippen molar-refractivity contribution in [2.75, 3.05) is 13.1 Å². The molecule has 7 nitrogen and oxygen atoms in total. The quantitative estimate of drug-likeness (QED) is 0.601. The summed E-state index contributed by atoms with van der Waals surface area (Å²) in [7, 11) is 0. The lowest BCUT2D eigenvalue weighted by molar-refractivity contribution is -0.136. The second-order valence-electron chi connectivity index (χ2n) is 8.47. The lowest BCUT2D eigenvalue weighted by Gasteiger charge is -2.27. The van der Waals surface area contributed by atoms with Crippen LogP contribution in [-0.4, -0.2) is 44.7 Å². The van der Waals surface area contributed by atoms with Crippen molar-refractivity contribution in [3.05, 3.63) is 83.3 Å². The van der Waals surface area contributed by atoms with Crippen LogP contribution in [0.1, 0.15) is 35.0 Å². The number of likely N-dealkylation sites (tertiary alicyclic amines) is 1. The molecule has 0 radical (unpaired) electrons. The summed E-state index contributed by atoms with van der Waals surface area (Å²) in [6, 6.07) is 15.9. The highest BCUT2D eigenvalue weighted by Crippen LogP contribution is 2.26. The SMILES string of the molecule is O=C1CC(C(=O)N2CCc3oc(CCc4ccccc4)nc3C2)CN1Cc1ccccn1. The van der Waals surface area contributed by atoms with E-state index in [0.29, 0.717) is 32.6 Å². The molecule has 32 heavy (non-hydrogen) atoms. The van der Waals surface area contributed by atoms with E-state index >= 15 is 0 Å². The van der Waals surface area contributed by atoms with Gasteiger partial charge in [-0.15, -0.1) is 0 Å². The van der Waals surface area contributed by atoms with Gasteiger partial charge < -0.3 is 14.2 Å². The van der Waals surface area contributed by atoms with Crippen molar-refractivity contribution in [2.24, 2.45) is 5.92 Å². The zero-order chi connectivity index (χ0) is 21.9. The summed E-state index contributed by atoms with van der Waals surface area (Å²) in [5, 5.41) is 0. The van der Waals surface area contributed by atoms with E-state index in [0.717, 1.165) is 35.9 Å². The Labute approximate surface area is 187 Å². The van der Waals surface area contributed by atoms with Gasteiger partial charge in [-0.1, -0.05) is 36.4 Å². The molecule has 0 aliphatic carbocycles. The highest BCUT2D eigenvalue weighted by Gasteiger charge is 2.38. The van der Waals surface area contributed by atoms with Crippen molar-refractivity contribution in [3.8, 4) is 0 Å². The summed E-state index contributed by atoms with van der Waals surface area (Å²) in [6.07, 6.45) is 4.26. The molecule has 0 saturated carbocycles. The lowest BCUT2D eigenvalue weighted by atomic mass is 10.0. The van der Waals surface area contributed by atoms with E-state index in [9.17, 15) is 9.59 Å². The van der Waals surface area contributed by atoms with Crippen molar-refractivity contribution in [1.29, 1.82) is 0 Å². The Hall–Kier alpha value is -3.48. The summed E-state index contributed by atoms with van der Waals surface area (Å²) < 4.78 is 5.96. The number of amides is 2. The smallest absolute Gasteiger partial charge is 0.228 e. The number of aromatic nitrogens is 2. The van der Waals surface area contributed by atoms with Gasteiger partial charge in [-0.3, -0.25) is 14.6 Å². The Morgan fingerprint density at radius 2 is 1.94 bits per heavy atom. The van der Waals surface area contributed by atoms with Crippen LogP contribution < -0.4 is 0 Å². The molecule has 2 aromatic heterocycles. The van der Waals surface area contributed by atoms with Gasteiger partial charge in [0.15, 0.2) is 5.89 Å². The first kappa shape index (κ1) is 20.4. The number of carbonyl (C=O) groups is 2. The molecule has 7 heteroatoms. The Morgan fingerprint density at radius 3 is 2.75 bits per heavy atom. The summed E-state index contributed by atoms with van der Waals surface area (Å²) in [4.78, 5) is 38.1. The van der Waals surface area contributed by atoms with Gasteiger partial charge in [0.2, 0.25) is 11.8 Å². The van der Waals surface area contributed by atoms with E-state index in [2.05, 4.69) is 22.1 Å². The van der Waals surface area contributed by atoms with Crippen LogP contribution in [0.2, 0.25) is 0 Å². The molecule has 3 aromatic rings. The average molecular weight is 431 g/mol. The second kappa shape index (κ2) is 8.94. The second-order valence-corrected chi connectivity index (χ2v) is 8.47. The van der Waals surface area contributed by atoms with E-state index in [1.807, 2.05) is 41.3 Å². The van der Waals surface area contributed by atoms with Gasteiger partial charge in [-0.2, -0.15) is 0 Å². The highest BCUT2D eigenvalue weighted by molar-refractivity contribution is 5.89. The maximum atomic E-state index is 13.1. The number of fused-ring (bicyclic) bond motifs is 1. The van der Waals surface area contributed by atoms with Gasteiger partial charge >= 0.3 is 0 Å². The molecule has 1 aromatic carbocycles. The van der Waals surface area contributed by atoms with Gasteiger partial charge in [-0.05, 0) is 24.1 Å². The molecule has 2 aliphatic rings. The van der Waals surface area contributed by atoms with E-state index in [-0.39, 0.29) is 24.2 Å². The Balaban J connectivity index is 1.19. The molecule has 5 rings (SSSR count). The predicted molar refractivity (Wildman–Crippen MR) is 117 cm³/mol. The molecule has 4 heterocycles. The summed E-state index contributed by atoms with van der Waals surface area (Å²) in [6.45, 7) is 1.94. The van der Waals surface area contributed by atoms with Gasteiger partial charge in [-0.25, -0.2) is 4.98 Å². The lowest BCUT2D eigenvalue weighted by Crippen LogP contribution is -2.40. The molecule has 1 atom stereocenters. The normalized spacial score (nSPS) is 18.1. The van der Waals surface area contributed by atoms with Crippen molar-refractivity contribution in [2.45, 2.75) is 38.8 Å². The van der Waals surface area contributed by atoms with Crippen molar-refractivity contribution >= 4 is 11.8 Å². The maximum absolute atomic E-state index is 13.1. The Bertz CT molecular complexity index is 1100. The van der Waals surface area contributed by atoms with Crippen LogP contribution in [0, 0.1) is 5.92 Å². The third-order valence-corrected chi connectivity index (χ3v) is 6.20. The van der Waals surface area contributed by atoms with Gasteiger partial charge in [0.1, 0.15) is 11.5 Å². The summed E-state index contributed by atoms with van der Waals surface area (Å²) in [5.74, 6) is 1.34. The Kier molecular flexibility index (Phi) is 5.71. The van der Waals surface area contributed by atoms with E-state index in [1.165, 1.54) is 5.56 Å². The number of hydrogen-bond donors (Lipinski definition) is 0.